The molecule has 1 heterocycles. The maximum Gasteiger partial charge on any atom is 0.339 e. The highest BCUT2D eigenvalue weighted by atomic mass is 32.1. The van der Waals surface area contributed by atoms with E-state index in [-0.39, 0.29) is 5.56 Å². The van der Waals surface area contributed by atoms with Gasteiger partial charge in [-0.1, -0.05) is 11.6 Å². The Balaban J connectivity index is 2.17. The van der Waals surface area contributed by atoms with Gasteiger partial charge in [-0.3, -0.25) is 0 Å². The van der Waals surface area contributed by atoms with Crippen LogP contribution < -0.4 is 4.74 Å². The first kappa shape index (κ1) is 13.5. The van der Waals surface area contributed by atoms with E-state index in [1.807, 2.05) is 26.8 Å². The number of carboxylic acids is 1. The number of hydrogen-bond donors (Lipinski definition) is 1. The van der Waals surface area contributed by atoms with Crippen molar-refractivity contribution in [2.45, 2.75) is 27.4 Å². The molecule has 0 fully saturated rings. The van der Waals surface area contributed by atoms with Gasteiger partial charge in [-0.05, 0) is 32.9 Å². The van der Waals surface area contributed by atoms with E-state index >= 15 is 0 Å². The molecule has 0 radical (unpaired) electrons. The van der Waals surface area contributed by atoms with Crippen molar-refractivity contribution in [1.29, 1.82) is 0 Å². The van der Waals surface area contributed by atoms with Gasteiger partial charge in [-0.25, -0.2) is 9.78 Å². The number of aromatic nitrogens is 1. The number of aromatic carboxylic acids is 1. The van der Waals surface area contributed by atoms with Gasteiger partial charge in [-0.15, -0.1) is 11.3 Å². The molecular formula is C14H15NO3S. The maximum absolute atomic E-state index is 11.2. The van der Waals surface area contributed by atoms with Gasteiger partial charge in [0.25, 0.3) is 0 Å². The van der Waals surface area contributed by atoms with Gasteiger partial charge in [0.15, 0.2) is 0 Å². The minimum Gasteiger partial charge on any atom is -0.486 e. The van der Waals surface area contributed by atoms with E-state index < -0.39 is 5.97 Å². The third-order valence-corrected chi connectivity index (χ3v) is 3.84. The monoisotopic (exact) mass is 277 g/mol. The highest BCUT2D eigenvalue weighted by Gasteiger charge is 2.12. The van der Waals surface area contributed by atoms with Gasteiger partial charge in [0, 0.05) is 4.88 Å². The normalized spacial score (nSPS) is 10.5. The molecule has 0 aliphatic carbocycles. The van der Waals surface area contributed by atoms with Crippen LogP contribution in [0, 0.1) is 20.8 Å². The van der Waals surface area contributed by atoms with Crippen LogP contribution in [0.3, 0.4) is 0 Å². The molecule has 1 N–H and O–H groups in total. The lowest BCUT2D eigenvalue weighted by Gasteiger charge is -2.08. The average Bonchev–Trinajstić information content (AvgIpc) is 2.67. The summed E-state index contributed by atoms with van der Waals surface area (Å²) in [5.74, 6) is -0.603. The predicted molar refractivity (Wildman–Crippen MR) is 74.1 cm³/mol. The van der Waals surface area contributed by atoms with Crippen LogP contribution >= 0.6 is 11.3 Å². The topological polar surface area (TPSA) is 59.4 Å². The highest BCUT2D eigenvalue weighted by Crippen LogP contribution is 2.23. The second-order valence-corrected chi connectivity index (χ2v) is 5.63. The first-order valence-corrected chi connectivity index (χ1v) is 6.68. The van der Waals surface area contributed by atoms with Gasteiger partial charge >= 0.3 is 5.97 Å². The molecular weight excluding hydrogens is 262 g/mol. The second kappa shape index (κ2) is 5.40. The van der Waals surface area contributed by atoms with Crippen molar-refractivity contribution >= 4 is 17.3 Å². The summed E-state index contributed by atoms with van der Waals surface area (Å²) in [7, 11) is 0. The largest absolute Gasteiger partial charge is 0.486 e. The van der Waals surface area contributed by atoms with Gasteiger partial charge in [0.05, 0.1) is 5.69 Å². The maximum atomic E-state index is 11.2. The van der Waals surface area contributed by atoms with E-state index in [1.54, 1.807) is 23.5 Å². The summed E-state index contributed by atoms with van der Waals surface area (Å²) in [5.41, 5.74) is 2.07. The van der Waals surface area contributed by atoms with E-state index in [1.165, 1.54) is 0 Å². The summed E-state index contributed by atoms with van der Waals surface area (Å²) in [6, 6.07) is 5.13. The Bertz CT molecular complexity index is 600. The Kier molecular flexibility index (Phi) is 3.85. The second-order valence-electron chi connectivity index (χ2n) is 4.34. The molecule has 100 valence electrons. The fourth-order valence-electron chi connectivity index (χ4n) is 1.68. The fourth-order valence-corrected chi connectivity index (χ4v) is 2.52. The van der Waals surface area contributed by atoms with Crippen LogP contribution in [-0.2, 0) is 6.61 Å². The predicted octanol–water partition coefficient (Wildman–Crippen LogP) is 3.35. The van der Waals surface area contributed by atoms with Crippen LogP contribution in [0.2, 0.25) is 0 Å². The molecule has 2 aromatic rings. The molecule has 0 atom stereocenters. The first-order valence-electron chi connectivity index (χ1n) is 5.87. The van der Waals surface area contributed by atoms with Gasteiger partial charge in [0.2, 0.25) is 0 Å². The molecule has 1 aromatic heterocycles. The lowest BCUT2D eigenvalue weighted by atomic mass is 10.1. The summed E-state index contributed by atoms with van der Waals surface area (Å²) >= 11 is 1.57. The van der Waals surface area contributed by atoms with Crippen molar-refractivity contribution in [1.82, 2.24) is 4.98 Å². The van der Waals surface area contributed by atoms with Crippen LogP contribution in [0.1, 0.15) is 31.5 Å². The first-order chi connectivity index (χ1) is 8.97. The SMILES string of the molecule is Cc1ccc(OCc2nc(C)c(C)s2)c(C(=O)O)c1. The van der Waals surface area contributed by atoms with Crippen LogP contribution in [0.5, 0.6) is 5.75 Å². The number of rotatable bonds is 4. The minimum atomic E-state index is -0.981. The van der Waals surface area contributed by atoms with E-state index in [4.69, 9.17) is 9.84 Å². The summed E-state index contributed by atoms with van der Waals surface area (Å²) < 4.78 is 5.57. The molecule has 0 unspecified atom stereocenters. The lowest BCUT2D eigenvalue weighted by Crippen LogP contribution is -2.03. The molecule has 0 saturated heterocycles. The van der Waals surface area contributed by atoms with Crippen LogP contribution in [0.4, 0.5) is 0 Å². The van der Waals surface area contributed by atoms with Crippen molar-refractivity contribution in [2.24, 2.45) is 0 Å². The lowest BCUT2D eigenvalue weighted by molar-refractivity contribution is 0.0691. The smallest absolute Gasteiger partial charge is 0.339 e. The Labute approximate surface area is 115 Å². The van der Waals surface area contributed by atoms with Gasteiger partial charge in [-0.2, -0.15) is 0 Å². The third-order valence-electron chi connectivity index (χ3n) is 2.79. The molecule has 4 nitrogen and oxygen atoms in total. The molecule has 0 aliphatic heterocycles. The van der Waals surface area contributed by atoms with Crippen molar-refractivity contribution in [3.05, 3.63) is 44.9 Å². The quantitative estimate of drug-likeness (QED) is 0.931. The minimum absolute atomic E-state index is 0.185. The molecule has 0 bridgehead atoms. The van der Waals surface area contributed by atoms with Crippen LogP contribution in [-0.4, -0.2) is 16.1 Å². The number of hydrogen-bond acceptors (Lipinski definition) is 4. The molecule has 1 aromatic carbocycles. The van der Waals surface area contributed by atoms with Gasteiger partial charge < -0.3 is 9.84 Å². The number of carboxylic acid groups (broad SMARTS) is 1. The summed E-state index contributed by atoms with van der Waals surface area (Å²) in [6.07, 6.45) is 0. The summed E-state index contributed by atoms with van der Waals surface area (Å²) in [4.78, 5) is 16.7. The Morgan fingerprint density at radius 1 is 1.37 bits per heavy atom. The molecule has 0 amide bonds. The van der Waals surface area contributed by atoms with Crippen molar-refractivity contribution in [3.8, 4) is 5.75 Å². The van der Waals surface area contributed by atoms with Crippen molar-refractivity contribution in [3.63, 3.8) is 0 Å². The van der Waals surface area contributed by atoms with Gasteiger partial charge in [0.1, 0.15) is 22.9 Å². The zero-order valence-corrected chi connectivity index (χ0v) is 11.9. The van der Waals surface area contributed by atoms with Crippen molar-refractivity contribution in [2.75, 3.05) is 0 Å². The van der Waals surface area contributed by atoms with E-state index in [0.717, 1.165) is 21.1 Å². The Hall–Kier alpha value is -1.88. The molecule has 5 heteroatoms. The fraction of sp³-hybridized carbons (Fsp3) is 0.286. The highest BCUT2D eigenvalue weighted by molar-refractivity contribution is 7.11. The van der Waals surface area contributed by atoms with E-state index in [0.29, 0.717) is 12.4 Å². The Morgan fingerprint density at radius 3 is 2.68 bits per heavy atom. The number of thiazole rings is 1. The number of aryl methyl sites for hydroxylation is 3. The average molecular weight is 277 g/mol. The summed E-state index contributed by atoms with van der Waals surface area (Å²) in [5, 5.41) is 10.00. The van der Waals surface area contributed by atoms with Crippen LogP contribution in [0.25, 0.3) is 0 Å². The standard InChI is InChI=1S/C14H15NO3S/c1-8-4-5-12(11(6-8)14(16)17)18-7-13-15-9(2)10(3)19-13/h4-6H,7H2,1-3H3,(H,16,17). The zero-order valence-electron chi connectivity index (χ0n) is 11.1. The van der Waals surface area contributed by atoms with Crippen LogP contribution in [0.15, 0.2) is 18.2 Å². The number of benzene rings is 1. The number of ether oxygens (including phenoxy) is 1. The molecule has 2 rings (SSSR count). The Morgan fingerprint density at radius 2 is 2.11 bits per heavy atom. The number of carbonyl (C=O) groups is 1. The van der Waals surface area contributed by atoms with E-state index in [9.17, 15) is 4.79 Å². The van der Waals surface area contributed by atoms with E-state index in [2.05, 4.69) is 4.98 Å². The molecule has 0 aliphatic rings. The van der Waals surface area contributed by atoms with Crippen molar-refractivity contribution < 1.29 is 14.6 Å². The molecule has 19 heavy (non-hydrogen) atoms. The zero-order chi connectivity index (χ0) is 14.0. The molecule has 0 saturated carbocycles. The summed E-state index contributed by atoms with van der Waals surface area (Å²) in [6.45, 7) is 6.10. The number of nitrogens with zero attached hydrogens (tertiary/aromatic N) is 1. The third kappa shape index (κ3) is 3.12. The molecule has 0 spiro atoms.